The van der Waals surface area contributed by atoms with E-state index in [1.54, 1.807) is 30.3 Å². The standard InChI is InChI=1S/C18H15F3N2O6S2/c19-18(20,21)17(26)9-12(22-29-17)13-6-7-14(30-13)31(27,28)23-16(15(24)25)8-11(16)10-4-2-1-3-5-10/h1-7,11,23,26H,8-9H2,(H,24,25)/t11-,16+,17?/m1/s1. The van der Waals surface area contributed by atoms with E-state index in [4.69, 9.17) is 0 Å². The number of oxime groups is 1. The topological polar surface area (TPSA) is 125 Å². The number of aliphatic hydroxyl groups is 1. The Balaban J connectivity index is 1.55. The van der Waals surface area contributed by atoms with Gasteiger partial charge in [0.2, 0.25) is 0 Å². The number of aliphatic carboxylic acids is 1. The zero-order valence-electron chi connectivity index (χ0n) is 15.5. The summed E-state index contributed by atoms with van der Waals surface area (Å²) in [5.74, 6) is -5.37. The molecule has 1 aromatic carbocycles. The molecule has 0 radical (unpaired) electrons. The molecular formula is C18H15F3N2O6S2. The van der Waals surface area contributed by atoms with Crippen LogP contribution in [0.4, 0.5) is 13.2 Å². The summed E-state index contributed by atoms with van der Waals surface area (Å²) in [6.45, 7) is 0. The molecule has 0 spiro atoms. The van der Waals surface area contributed by atoms with Gasteiger partial charge in [0, 0.05) is 5.92 Å². The van der Waals surface area contributed by atoms with Gasteiger partial charge in [0.05, 0.1) is 11.3 Å². The number of alkyl halides is 3. The number of nitrogens with zero attached hydrogens (tertiary/aromatic N) is 1. The fourth-order valence-corrected chi connectivity index (χ4v) is 6.05. The van der Waals surface area contributed by atoms with E-state index in [0.717, 1.165) is 6.07 Å². The number of hydrogen-bond acceptors (Lipinski definition) is 7. The Morgan fingerprint density at radius 3 is 2.48 bits per heavy atom. The maximum atomic E-state index is 12.9. The van der Waals surface area contributed by atoms with Crippen LogP contribution in [0.25, 0.3) is 0 Å². The molecule has 1 fully saturated rings. The first-order valence-electron chi connectivity index (χ1n) is 8.85. The molecule has 1 aliphatic carbocycles. The number of benzene rings is 1. The molecule has 166 valence electrons. The van der Waals surface area contributed by atoms with Crippen LogP contribution in [0.5, 0.6) is 0 Å². The number of carboxylic acids is 1. The summed E-state index contributed by atoms with van der Waals surface area (Å²) in [5.41, 5.74) is -1.31. The van der Waals surface area contributed by atoms with Gasteiger partial charge in [0.15, 0.2) is 0 Å². The first-order chi connectivity index (χ1) is 14.4. The molecule has 2 heterocycles. The van der Waals surface area contributed by atoms with Gasteiger partial charge in [-0.15, -0.1) is 11.3 Å². The predicted molar refractivity (Wildman–Crippen MR) is 102 cm³/mol. The highest BCUT2D eigenvalue weighted by Gasteiger charge is 2.63. The molecule has 13 heteroatoms. The molecule has 1 aromatic heterocycles. The van der Waals surface area contributed by atoms with Gasteiger partial charge in [0.25, 0.3) is 10.0 Å². The normalized spacial score (nSPS) is 28.1. The maximum Gasteiger partial charge on any atom is 0.458 e. The zero-order chi connectivity index (χ0) is 22.7. The molecule has 2 aliphatic rings. The van der Waals surface area contributed by atoms with Gasteiger partial charge in [-0.1, -0.05) is 35.5 Å². The van der Waals surface area contributed by atoms with Gasteiger partial charge in [-0.2, -0.15) is 17.9 Å². The average molecular weight is 476 g/mol. The van der Waals surface area contributed by atoms with Gasteiger partial charge in [-0.3, -0.25) is 4.79 Å². The van der Waals surface area contributed by atoms with Crippen LogP contribution in [0.1, 0.15) is 29.2 Å². The number of nitrogens with one attached hydrogen (secondary N) is 1. The van der Waals surface area contributed by atoms with Crippen molar-refractivity contribution in [2.45, 2.75) is 40.5 Å². The Kier molecular flexibility index (Phi) is 4.92. The second kappa shape index (κ2) is 7.02. The summed E-state index contributed by atoms with van der Waals surface area (Å²) < 4.78 is 66.2. The van der Waals surface area contributed by atoms with E-state index in [2.05, 4.69) is 14.7 Å². The van der Waals surface area contributed by atoms with Crippen LogP contribution < -0.4 is 4.72 Å². The zero-order valence-corrected chi connectivity index (χ0v) is 17.1. The molecule has 0 bridgehead atoms. The van der Waals surface area contributed by atoms with Gasteiger partial charge in [-0.05, 0) is 24.1 Å². The van der Waals surface area contributed by atoms with Crippen LogP contribution in [-0.4, -0.2) is 47.8 Å². The van der Waals surface area contributed by atoms with E-state index in [1.807, 2.05) is 0 Å². The summed E-state index contributed by atoms with van der Waals surface area (Å²) in [7, 11) is -4.30. The van der Waals surface area contributed by atoms with Crippen LogP contribution in [0.15, 0.2) is 51.8 Å². The smallest absolute Gasteiger partial charge is 0.458 e. The van der Waals surface area contributed by atoms with Crippen LogP contribution in [0, 0.1) is 0 Å². The molecule has 4 rings (SSSR count). The molecule has 2 aromatic rings. The van der Waals surface area contributed by atoms with Crippen molar-refractivity contribution < 1.29 is 41.4 Å². The number of rotatable bonds is 6. The minimum Gasteiger partial charge on any atom is -0.480 e. The Hall–Kier alpha value is -2.48. The van der Waals surface area contributed by atoms with E-state index in [1.165, 1.54) is 6.07 Å². The molecular weight excluding hydrogens is 461 g/mol. The van der Waals surface area contributed by atoms with Gasteiger partial charge < -0.3 is 15.1 Å². The average Bonchev–Trinajstić information content (AvgIpc) is 3.04. The molecule has 0 saturated heterocycles. The lowest BCUT2D eigenvalue weighted by atomic mass is 10.1. The lowest BCUT2D eigenvalue weighted by molar-refractivity contribution is -0.355. The van der Waals surface area contributed by atoms with Crippen molar-refractivity contribution in [1.29, 1.82) is 0 Å². The summed E-state index contributed by atoms with van der Waals surface area (Å²) in [4.78, 5) is 16.0. The third kappa shape index (κ3) is 3.71. The quantitative estimate of drug-likeness (QED) is 0.588. The summed E-state index contributed by atoms with van der Waals surface area (Å²) >= 11 is 0.593. The highest BCUT2D eigenvalue weighted by Crippen LogP contribution is 2.52. The molecule has 31 heavy (non-hydrogen) atoms. The highest BCUT2D eigenvalue weighted by atomic mass is 32.2. The number of hydrogen-bond donors (Lipinski definition) is 3. The monoisotopic (exact) mass is 476 g/mol. The third-order valence-corrected chi connectivity index (χ3v) is 8.28. The van der Waals surface area contributed by atoms with E-state index in [-0.39, 0.29) is 21.2 Å². The largest absolute Gasteiger partial charge is 0.480 e. The van der Waals surface area contributed by atoms with Crippen LogP contribution in [-0.2, 0) is 19.7 Å². The summed E-state index contributed by atoms with van der Waals surface area (Å²) in [6.07, 6.45) is -6.03. The molecule has 3 atom stereocenters. The Labute approximate surface area is 178 Å². The molecule has 1 saturated carbocycles. The number of sulfonamides is 1. The predicted octanol–water partition coefficient (Wildman–Crippen LogP) is 2.41. The van der Waals surface area contributed by atoms with Crippen molar-refractivity contribution in [3.05, 3.63) is 52.9 Å². The van der Waals surface area contributed by atoms with Crippen LogP contribution >= 0.6 is 11.3 Å². The van der Waals surface area contributed by atoms with Crippen molar-refractivity contribution in [3.63, 3.8) is 0 Å². The Morgan fingerprint density at radius 1 is 1.23 bits per heavy atom. The Bertz CT molecular complexity index is 1160. The minimum absolute atomic E-state index is 0.0420. The van der Waals surface area contributed by atoms with Crippen molar-refractivity contribution >= 4 is 33.0 Å². The van der Waals surface area contributed by atoms with E-state index in [9.17, 15) is 36.6 Å². The summed E-state index contributed by atoms with van der Waals surface area (Å²) in [6, 6.07) is 10.9. The van der Waals surface area contributed by atoms with E-state index < -0.39 is 45.8 Å². The van der Waals surface area contributed by atoms with Crippen LogP contribution in [0.2, 0.25) is 0 Å². The second-order valence-corrected chi connectivity index (χ2v) is 10.2. The first kappa shape index (κ1) is 21.7. The highest BCUT2D eigenvalue weighted by molar-refractivity contribution is 7.91. The van der Waals surface area contributed by atoms with Gasteiger partial charge in [0.1, 0.15) is 15.5 Å². The number of carboxylic acid groups (broad SMARTS) is 1. The first-order valence-corrected chi connectivity index (χ1v) is 11.1. The maximum absolute atomic E-state index is 12.9. The van der Waals surface area contributed by atoms with Crippen molar-refractivity contribution in [2.75, 3.05) is 0 Å². The fourth-order valence-electron chi connectivity index (χ4n) is 3.36. The van der Waals surface area contributed by atoms with Crippen molar-refractivity contribution in [3.8, 4) is 0 Å². The fraction of sp³-hybridized carbons (Fsp3) is 0.333. The number of carbonyl (C=O) groups is 1. The van der Waals surface area contributed by atoms with Gasteiger partial charge in [-0.25, -0.2) is 8.42 Å². The van der Waals surface area contributed by atoms with E-state index in [0.29, 0.717) is 16.9 Å². The lowest BCUT2D eigenvalue weighted by Gasteiger charge is -2.22. The summed E-state index contributed by atoms with van der Waals surface area (Å²) in [5, 5.41) is 22.4. The molecule has 1 aliphatic heterocycles. The molecule has 0 amide bonds. The number of thiophene rings is 1. The second-order valence-electron chi connectivity index (χ2n) is 7.26. The Morgan fingerprint density at radius 2 is 1.90 bits per heavy atom. The molecule has 3 N–H and O–H groups in total. The van der Waals surface area contributed by atoms with Crippen molar-refractivity contribution in [1.82, 2.24) is 4.72 Å². The van der Waals surface area contributed by atoms with Gasteiger partial charge >= 0.3 is 17.9 Å². The van der Waals surface area contributed by atoms with Crippen LogP contribution in [0.3, 0.4) is 0 Å². The molecule has 1 unspecified atom stereocenters. The van der Waals surface area contributed by atoms with Crippen molar-refractivity contribution in [2.24, 2.45) is 5.16 Å². The third-order valence-electron chi connectivity index (χ3n) is 5.15. The minimum atomic E-state index is -5.09. The molecule has 8 nitrogen and oxygen atoms in total. The lowest BCUT2D eigenvalue weighted by Crippen LogP contribution is -2.45. The SMILES string of the molecule is O=C(O)[C@]1(NS(=O)(=O)c2ccc(C3=NOC(O)(C(F)(F)F)C3)s2)C[C@@H]1c1ccccc1. The number of halogens is 3. The van der Waals surface area contributed by atoms with E-state index >= 15 is 0 Å².